The molecule has 1 aromatic carbocycles. The van der Waals surface area contributed by atoms with Crippen molar-refractivity contribution in [3.8, 4) is 11.4 Å². The molecule has 2 rings (SSSR count). The highest BCUT2D eigenvalue weighted by Gasteiger charge is 2.09. The second-order valence-corrected chi connectivity index (χ2v) is 4.38. The van der Waals surface area contributed by atoms with Crippen LogP contribution in [0.3, 0.4) is 0 Å². The zero-order valence-electron chi connectivity index (χ0n) is 8.31. The molecule has 1 aromatic heterocycles. The maximum Gasteiger partial charge on any atom is 0.160 e. The van der Waals surface area contributed by atoms with E-state index in [2.05, 4.69) is 32.7 Å². The van der Waals surface area contributed by atoms with E-state index in [1.165, 1.54) is 0 Å². The average molecular weight is 314 g/mol. The van der Waals surface area contributed by atoms with E-state index in [1.54, 1.807) is 6.33 Å². The van der Waals surface area contributed by atoms with Gasteiger partial charge in [0.05, 0.1) is 0 Å². The van der Waals surface area contributed by atoms with E-state index in [0.717, 1.165) is 27.2 Å². The monoisotopic (exact) mass is 314 g/mol. The van der Waals surface area contributed by atoms with Crippen LogP contribution in [0.25, 0.3) is 11.4 Å². The molecule has 0 saturated carbocycles. The molecule has 0 radical (unpaired) electrons. The molecule has 4 nitrogen and oxygen atoms in total. The standard InChI is InChI=1S/C10H11IN4/c1-2-15-10(13-6-14-15)8-5-7(11)3-4-9(8)12/h3-6H,2,12H2,1H3. The molecule has 0 saturated heterocycles. The summed E-state index contributed by atoms with van der Waals surface area (Å²) in [6, 6.07) is 5.89. The van der Waals surface area contributed by atoms with Crippen molar-refractivity contribution in [2.45, 2.75) is 13.5 Å². The second kappa shape index (κ2) is 4.18. The number of halogens is 1. The van der Waals surface area contributed by atoms with Crippen LogP contribution >= 0.6 is 22.6 Å². The topological polar surface area (TPSA) is 56.7 Å². The molecule has 0 atom stereocenters. The molecule has 0 fully saturated rings. The predicted octanol–water partition coefficient (Wildman–Crippen LogP) is 2.15. The maximum atomic E-state index is 5.92. The van der Waals surface area contributed by atoms with Gasteiger partial charge in [-0.3, -0.25) is 0 Å². The third-order valence-electron chi connectivity index (χ3n) is 2.17. The number of benzene rings is 1. The summed E-state index contributed by atoms with van der Waals surface area (Å²) in [5, 5.41) is 4.13. The van der Waals surface area contributed by atoms with E-state index in [9.17, 15) is 0 Å². The molecule has 5 heteroatoms. The number of nitrogen functional groups attached to an aromatic ring is 1. The quantitative estimate of drug-likeness (QED) is 0.682. The zero-order chi connectivity index (χ0) is 10.8. The van der Waals surface area contributed by atoms with Crippen molar-refractivity contribution in [1.29, 1.82) is 0 Å². The Balaban J connectivity index is 2.58. The van der Waals surface area contributed by atoms with E-state index in [1.807, 2.05) is 29.8 Å². The van der Waals surface area contributed by atoms with E-state index in [-0.39, 0.29) is 0 Å². The molecular weight excluding hydrogens is 303 g/mol. The van der Waals surface area contributed by atoms with E-state index >= 15 is 0 Å². The Kier molecular flexibility index (Phi) is 2.90. The van der Waals surface area contributed by atoms with Gasteiger partial charge in [-0.1, -0.05) is 0 Å². The highest BCUT2D eigenvalue weighted by atomic mass is 127. The third kappa shape index (κ3) is 1.97. The van der Waals surface area contributed by atoms with Crippen molar-refractivity contribution in [3.63, 3.8) is 0 Å². The van der Waals surface area contributed by atoms with Crippen LogP contribution in [0.4, 0.5) is 5.69 Å². The molecule has 2 N–H and O–H groups in total. The zero-order valence-corrected chi connectivity index (χ0v) is 10.5. The minimum Gasteiger partial charge on any atom is -0.398 e. The number of aromatic nitrogens is 3. The molecular formula is C10H11IN4. The van der Waals surface area contributed by atoms with Gasteiger partial charge in [-0.25, -0.2) is 9.67 Å². The van der Waals surface area contributed by atoms with E-state index < -0.39 is 0 Å². The Bertz CT molecular complexity index is 478. The first-order chi connectivity index (χ1) is 7.22. The van der Waals surface area contributed by atoms with Crippen LogP contribution in [-0.4, -0.2) is 14.8 Å². The van der Waals surface area contributed by atoms with Gasteiger partial charge in [0, 0.05) is 21.4 Å². The lowest BCUT2D eigenvalue weighted by Gasteiger charge is -2.06. The Hall–Kier alpha value is -1.11. The summed E-state index contributed by atoms with van der Waals surface area (Å²) in [6.45, 7) is 2.82. The smallest absolute Gasteiger partial charge is 0.160 e. The van der Waals surface area contributed by atoms with Gasteiger partial charge in [0.15, 0.2) is 5.82 Å². The first-order valence-electron chi connectivity index (χ1n) is 4.65. The van der Waals surface area contributed by atoms with Gasteiger partial charge in [0.1, 0.15) is 6.33 Å². The summed E-state index contributed by atoms with van der Waals surface area (Å²) in [5.41, 5.74) is 7.60. The fourth-order valence-corrected chi connectivity index (χ4v) is 1.92. The normalized spacial score (nSPS) is 10.5. The maximum absolute atomic E-state index is 5.92. The number of nitrogens with zero attached hydrogens (tertiary/aromatic N) is 3. The molecule has 0 aliphatic heterocycles. The van der Waals surface area contributed by atoms with Crippen LogP contribution in [0.2, 0.25) is 0 Å². The van der Waals surface area contributed by atoms with E-state index in [4.69, 9.17) is 5.73 Å². The van der Waals surface area contributed by atoms with Crippen LogP contribution in [-0.2, 0) is 6.54 Å². The Morgan fingerprint density at radius 1 is 1.47 bits per heavy atom. The Labute approximate surface area is 102 Å². The molecule has 0 spiro atoms. The van der Waals surface area contributed by atoms with Crippen molar-refractivity contribution < 1.29 is 0 Å². The lowest BCUT2D eigenvalue weighted by Crippen LogP contribution is -2.01. The summed E-state index contributed by atoms with van der Waals surface area (Å²) >= 11 is 2.26. The second-order valence-electron chi connectivity index (χ2n) is 3.13. The van der Waals surface area contributed by atoms with Gasteiger partial charge >= 0.3 is 0 Å². The molecule has 2 aromatic rings. The number of aryl methyl sites for hydroxylation is 1. The SMILES string of the molecule is CCn1ncnc1-c1cc(I)ccc1N. The molecule has 78 valence electrons. The first kappa shape index (κ1) is 10.4. The Morgan fingerprint density at radius 3 is 3.00 bits per heavy atom. The number of nitrogens with two attached hydrogens (primary N) is 1. The van der Waals surface area contributed by atoms with Gasteiger partial charge in [0.25, 0.3) is 0 Å². The number of anilines is 1. The van der Waals surface area contributed by atoms with Crippen LogP contribution in [0.5, 0.6) is 0 Å². The summed E-state index contributed by atoms with van der Waals surface area (Å²) < 4.78 is 2.98. The van der Waals surface area contributed by atoms with Crippen molar-refractivity contribution in [2.24, 2.45) is 0 Å². The van der Waals surface area contributed by atoms with Crippen LogP contribution in [0.1, 0.15) is 6.92 Å². The number of rotatable bonds is 2. The van der Waals surface area contributed by atoms with Gasteiger partial charge < -0.3 is 5.73 Å². The number of hydrogen-bond donors (Lipinski definition) is 1. The largest absolute Gasteiger partial charge is 0.398 e. The minimum atomic E-state index is 0.734. The predicted molar refractivity (Wildman–Crippen MR) is 68.3 cm³/mol. The third-order valence-corrected chi connectivity index (χ3v) is 2.84. The van der Waals surface area contributed by atoms with Crippen molar-refractivity contribution >= 4 is 28.3 Å². The molecule has 0 aliphatic carbocycles. The lowest BCUT2D eigenvalue weighted by atomic mass is 10.2. The minimum absolute atomic E-state index is 0.734. The van der Waals surface area contributed by atoms with Crippen LogP contribution < -0.4 is 5.73 Å². The molecule has 0 amide bonds. The molecule has 15 heavy (non-hydrogen) atoms. The molecule has 0 unspecified atom stereocenters. The van der Waals surface area contributed by atoms with Crippen molar-refractivity contribution in [1.82, 2.24) is 14.8 Å². The summed E-state index contributed by atoms with van der Waals surface area (Å²) in [7, 11) is 0. The van der Waals surface area contributed by atoms with Gasteiger partial charge in [-0.15, -0.1) is 0 Å². The first-order valence-corrected chi connectivity index (χ1v) is 5.73. The highest BCUT2D eigenvalue weighted by molar-refractivity contribution is 14.1. The van der Waals surface area contributed by atoms with Gasteiger partial charge in [-0.2, -0.15) is 5.10 Å². The van der Waals surface area contributed by atoms with Crippen LogP contribution in [0.15, 0.2) is 24.5 Å². The fraction of sp³-hybridized carbons (Fsp3) is 0.200. The lowest BCUT2D eigenvalue weighted by molar-refractivity contribution is 0.666. The average Bonchev–Trinajstić information content (AvgIpc) is 2.69. The van der Waals surface area contributed by atoms with Crippen molar-refractivity contribution in [3.05, 3.63) is 28.1 Å². The summed E-state index contributed by atoms with van der Waals surface area (Å²) in [6.07, 6.45) is 1.55. The number of hydrogen-bond acceptors (Lipinski definition) is 3. The Morgan fingerprint density at radius 2 is 2.27 bits per heavy atom. The molecule has 0 bridgehead atoms. The molecule has 0 aliphatic rings. The summed E-state index contributed by atoms with van der Waals surface area (Å²) in [4.78, 5) is 4.23. The fourth-order valence-electron chi connectivity index (χ4n) is 1.43. The van der Waals surface area contributed by atoms with Crippen molar-refractivity contribution in [2.75, 3.05) is 5.73 Å². The summed E-state index contributed by atoms with van der Waals surface area (Å²) in [5.74, 6) is 0.827. The van der Waals surface area contributed by atoms with E-state index in [0.29, 0.717) is 0 Å². The highest BCUT2D eigenvalue weighted by Crippen LogP contribution is 2.25. The van der Waals surface area contributed by atoms with Crippen LogP contribution in [0, 0.1) is 3.57 Å². The molecule has 1 heterocycles. The van der Waals surface area contributed by atoms with Gasteiger partial charge in [-0.05, 0) is 47.7 Å². The van der Waals surface area contributed by atoms with Gasteiger partial charge in [0.2, 0.25) is 0 Å².